The molecule has 3 nitrogen and oxygen atoms in total. The number of hydrogen-bond acceptors (Lipinski definition) is 3. The van der Waals surface area contributed by atoms with Crippen molar-refractivity contribution in [1.82, 2.24) is 4.90 Å². The van der Waals surface area contributed by atoms with Gasteiger partial charge in [0.1, 0.15) is 0 Å². The van der Waals surface area contributed by atoms with Crippen LogP contribution in [-0.4, -0.2) is 28.3 Å². The van der Waals surface area contributed by atoms with E-state index in [2.05, 4.69) is 0 Å². The molecule has 0 unspecified atom stereocenters. The second-order valence-corrected chi connectivity index (χ2v) is 3.58. The van der Waals surface area contributed by atoms with Crippen molar-refractivity contribution in [3.63, 3.8) is 0 Å². The van der Waals surface area contributed by atoms with Crippen LogP contribution in [0.5, 0.6) is 0 Å². The number of carbonyl (C=O) groups is 2. The van der Waals surface area contributed by atoms with Crippen LogP contribution in [0, 0.1) is 0 Å². The van der Waals surface area contributed by atoms with Crippen LogP contribution in [0.1, 0.15) is 19.8 Å². The molecule has 0 radical (unpaired) electrons. The first-order valence-corrected chi connectivity index (χ1v) is 4.82. The SMILES string of the molecule is CCSCN1C(=O)CCC1=O. The van der Waals surface area contributed by atoms with Crippen molar-refractivity contribution >= 4 is 23.6 Å². The second kappa shape index (κ2) is 3.76. The largest absolute Gasteiger partial charge is 0.274 e. The van der Waals surface area contributed by atoms with Gasteiger partial charge >= 0.3 is 0 Å². The molecule has 1 fully saturated rings. The highest BCUT2D eigenvalue weighted by molar-refractivity contribution is 7.99. The van der Waals surface area contributed by atoms with E-state index in [0.717, 1.165) is 5.75 Å². The fourth-order valence-electron chi connectivity index (χ4n) is 0.949. The standard InChI is InChI=1S/C7H11NO2S/c1-2-11-5-8-6(9)3-4-7(8)10/h2-5H2,1H3. The summed E-state index contributed by atoms with van der Waals surface area (Å²) in [5, 5.41) is 0. The summed E-state index contributed by atoms with van der Waals surface area (Å²) in [6.45, 7) is 2.01. The minimum atomic E-state index is -0.0176. The normalized spacial score (nSPS) is 18.1. The molecular weight excluding hydrogens is 162 g/mol. The van der Waals surface area contributed by atoms with Crippen LogP contribution in [0.4, 0.5) is 0 Å². The maximum Gasteiger partial charge on any atom is 0.230 e. The van der Waals surface area contributed by atoms with Gasteiger partial charge in [-0.2, -0.15) is 0 Å². The maximum atomic E-state index is 11.0. The zero-order chi connectivity index (χ0) is 8.27. The number of likely N-dealkylation sites (tertiary alicyclic amines) is 1. The molecule has 11 heavy (non-hydrogen) atoms. The van der Waals surface area contributed by atoms with Crippen molar-refractivity contribution in [3.8, 4) is 0 Å². The molecule has 0 aliphatic carbocycles. The van der Waals surface area contributed by atoms with Crippen molar-refractivity contribution in [2.24, 2.45) is 0 Å². The Hall–Kier alpha value is -0.510. The lowest BCUT2D eigenvalue weighted by molar-refractivity contribution is -0.137. The van der Waals surface area contributed by atoms with E-state index in [1.54, 1.807) is 11.8 Å². The fraction of sp³-hybridized carbons (Fsp3) is 0.714. The van der Waals surface area contributed by atoms with Crippen LogP contribution < -0.4 is 0 Å². The number of amides is 2. The predicted octanol–water partition coefficient (Wildman–Crippen LogP) is 0.846. The molecule has 2 amide bonds. The first kappa shape index (κ1) is 8.59. The van der Waals surface area contributed by atoms with Gasteiger partial charge in [0.25, 0.3) is 0 Å². The summed E-state index contributed by atoms with van der Waals surface area (Å²) in [5.74, 6) is 1.44. The summed E-state index contributed by atoms with van der Waals surface area (Å²) < 4.78 is 0. The topological polar surface area (TPSA) is 37.4 Å². The number of carbonyl (C=O) groups excluding carboxylic acids is 2. The fourth-order valence-corrected chi connectivity index (χ4v) is 1.60. The minimum absolute atomic E-state index is 0.0176. The summed E-state index contributed by atoms with van der Waals surface area (Å²) >= 11 is 1.60. The van der Waals surface area contributed by atoms with E-state index in [-0.39, 0.29) is 11.8 Å². The van der Waals surface area contributed by atoms with Crippen LogP contribution in [-0.2, 0) is 9.59 Å². The molecule has 0 bridgehead atoms. The highest BCUT2D eigenvalue weighted by Gasteiger charge is 2.27. The molecule has 0 aromatic heterocycles. The Labute approximate surface area is 70.1 Å². The van der Waals surface area contributed by atoms with Crippen LogP contribution in [0.2, 0.25) is 0 Å². The summed E-state index contributed by atoms with van der Waals surface area (Å²) in [4.78, 5) is 23.3. The molecule has 62 valence electrons. The molecule has 4 heteroatoms. The van der Waals surface area contributed by atoms with Crippen molar-refractivity contribution in [3.05, 3.63) is 0 Å². The third kappa shape index (κ3) is 1.96. The van der Waals surface area contributed by atoms with Gasteiger partial charge in [0.2, 0.25) is 11.8 Å². The van der Waals surface area contributed by atoms with Crippen LogP contribution in [0.15, 0.2) is 0 Å². The van der Waals surface area contributed by atoms with E-state index in [0.29, 0.717) is 18.7 Å². The van der Waals surface area contributed by atoms with Gasteiger partial charge in [0.05, 0.1) is 5.88 Å². The van der Waals surface area contributed by atoms with E-state index in [1.807, 2.05) is 6.92 Å². The first-order chi connectivity index (χ1) is 5.25. The van der Waals surface area contributed by atoms with Crippen LogP contribution in [0.25, 0.3) is 0 Å². The van der Waals surface area contributed by atoms with Gasteiger partial charge in [-0.3, -0.25) is 14.5 Å². The molecular formula is C7H11NO2S. The third-order valence-electron chi connectivity index (χ3n) is 1.58. The van der Waals surface area contributed by atoms with Crippen molar-refractivity contribution < 1.29 is 9.59 Å². The van der Waals surface area contributed by atoms with Gasteiger partial charge in [0.15, 0.2) is 0 Å². The van der Waals surface area contributed by atoms with Crippen molar-refractivity contribution in [2.75, 3.05) is 11.6 Å². The summed E-state index contributed by atoms with van der Waals surface area (Å²) in [7, 11) is 0. The molecule has 1 saturated heterocycles. The van der Waals surface area contributed by atoms with Gasteiger partial charge < -0.3 is 0 Å². The first-order valence-electron chi connectivity index (χ1n) is 3.66. The number of nitrogens with zero attached hydrogens (tertiary/aromatic N) is 1. The number of hydrogen-bond donors (Lipinski definition) is 0. The Kier molecular flexibility index (Phi) is 2.93. The minimum Gasteiger partial charge on any atom is -0.274 e. The lowest BCUT2D eigenvalue weighted by Gasteiger charge is -2.11. The molecule has 1 aliphatic heterocycles. The molecule has 1 rings (SSSR count). The van der Waals surface area contributed by atoms with Crippen LogP contribution in [0.3, 0.4) is 0 Å². The maximum absolute atomic E-state index is 11.0. The zero-order valence-corrected chi connectivity index (χ0v) is 7.32. The highest BCUT2D eigenvalue weighted by Crippen LogP contribution is 2.14. The molecule has 0 spiro atoms. The van der Waals surface area contributed by atoms with E-state index < -0.39 is 0 Å². The monoisotopic (exact) mass is 173 g/mol. The second-order valence-electron chi connectivity index (χ2n) is 2.34. The molecule has 0 N–H and O–H groups in total. The average Bonchev–Trinajstić information content (AvgIpc) is 2.29. The molecule has 1 aliphatic rings. The van der Waals surface area contributed by atoms with E-state index in [1.165, 1.54) is 4.90 Å². The van der Waals surface area contributed by atoms with Gasteiger partial charge in [0, 0.05) is 12.8 Å². The summed E-state index contributed by atoms with van der Waals surface area (Å²) in [6.07, 6.45) is 0.812. The van der Waals surface area contributed by atoms with Gasteiger partial charge in [-0.15, -0.1) is 11.8 Å². The van der Waals surface area contributed by atoms with E-state index >= 15 is 0 Å². The number of imide groups is 1. The Morgan fingerprint density at radius 3 is 2.36 bits per heavy atom. The van der Waals surface area contributed by atoms with E-state index in [9.17, 15) is 9.59 Å². The smallest absolute Gasteiger partial charge is 0.230 e. The van der Waals surface area contributed by atoms with Crippen LogP contribution >= 0.6 is 11.8 Å². The molecule has 0 aromatic rings. The molecule has 1 heterocycles. The lowest BCUT2D eigenvalue weighted by Crippen LogP contribution is -2.28. The summed E-state index contributed by atoms with van der Waals surface area (Å²) in [5.41, 5.74) is 0. The Bertz CT molecular complexity index is 165. The predicted molar refractivity (Wildman–Crippen MR) is 44.1 cm³/mol. The Morgan fingerprint density at radius 2 is 1.91 bits per heavy atom. The number of rotatable bonds is 3. The zero-order valence-electron chi connectivity index (χ0n) is 6.50. The summed E-state index contributed by atoms with van der Waals surface area (Å²) in [6, 6.07) is 0. The van der Waals surface area contributed by atoms with Gasteiger partial charge in [-0.1, -0.05) is 6.92 Å². The van der Waals surface area contributed by atoms with Crippen molar-refractivity contribution in [2.45, 2.75) is 19.8 Å². The average molecular weight is 173 g/mol. The lowest BCUT2D eigenvalue weighted by atomic mass is 10.4. The number of thioether (sulfide) groups is 1. The Morgan fingerprint density at radius 1 is 1.36 bits per heavy atom. The molecule has 0 atom stereocenters. The van der Waals surface area contributed by atoms with Gasteiger partial charge in [-0.05, 0) is 5.75 Å². The third-order valence-corrected chi connectivity index (χ3v) is 2.43. The Balaban J connectivity index is 2.41. The van der Waals surface area contributed by atoms with Gasteiger partial charge in [-0.25, -0.2) is 0 Å². The van der Waals surface area contributed by atoms with Crippen molar-refractivity contribution in [1.29, 1.82) is 0 Å². The quantitative estimate of drug-likeness (QED) is 0.594. The molecule has 0 aromatic carbocycles. The highest BCUT2D eigenvalue weighted by atomic mass is 32.2. The van der Waals surface area contributed by atoms with E-state index in [4.69, 9.17) is 0 Å². The molecule has 0 saturated carbocycles.